The maximum Gasteiger partial charge on any atom is 0.335 e. The van der Waals surface area contributed by atoms with Gasteiger partial charge in [0.15, 0.2) is 5.65 Å². The largest absolute Gasteiger partial charge is 0.478 e. The number of aromatic carboxylic acids is 1. The van der Waals surface area contributed by atoms with Crippen molar-refractivity contribution in [1.82, 2.24) is 14.6 Å². The van der Waals surface area contributed by atoms with Gasteiger partial charge in [0.1, 0.15) is 5.82 Å². The topological polar surface area (TPSA) is 67.5 Å². The molecule has 0 amide bonds. The van der Waals surface area contributed by atoms with Gasteiger partial charge in [-0.2, -0.15) is 0 Å². The zero-order valence-corrected chi connectivity index (χ0v) is 10.9. The molecule has 0 unspecified atom stereocenters. The molecule has 0 radical (unpaired) electrons. The first-order valence-corrected chi connectivity index (χ1v) is 6.26. The Kier molecular flexibility index (Phi) is 2.95. The molecule has 3 rings (SSSR count). The smallest absolute Gasteiger partial charge is 0.335 e. The molecule has 20 heavy (non-hydrogen) atoms. The van der Waals surface area contributed by atoms with Crippen molar-refractivity contribution in [2.45, 2.75) is 13.3 Å². The van der Waals surface area contributed by atoms with E-state index in [0.29, 0.717) is 12.1 Å². The van der Waals surface area contributed by atoms with E-state index in [2.05, 4.69) is 16.3 Å². The Morgan fingerprint density at radius 2 is 2.10 bits per heavy atom. The van der Waals surface area contributed by atoms with E-state index < -0.39 is 5.97 Å². The van der Waals surface area contributed by atoms with Gasteiger partial charge < -0.3 is 5.11 Å². The van der Waals surface area contributed by atoms with Crippen LogP contribution in [0, 0.1) is 6.92 Å². The van der Waals surface area contributed by atoms with Crippen LogP contribution in [0.3, 0.4) is 0 Å². The van der Waals surface area contributed by atoms with Crippen LogP contribution in [0.15, 0.2) is 42.6 Å². The van der Waals surface area contributed by atoms with E-state index >= 15 is 0 Å². The summed E-state index contributed by atoms with van der Waals surface area (Å²) in [6.07, 6.45) is 2.36. The minimum absolute atomic E-state index is 0.215. The van der Waals surface area contributed by atoms with Gasteiger partial charge in [-0.3, -0.25) is 4.40 Å². The van der Waals surface area contributed by atoms with Crippen molar-refractivity contribution < 1.29 is 9.90 Å². The first-order chi connectivity index (χ1) is 9.63. The van der Waals surface area contributed by atoms with E-state index in [4.69, 9.17) is 5.11 Å². The Morgan fingerprint density at radius 3 is 2.85 bits per heavy atom. The predicted octanol–water partition coefficient (Wildman–Crippen LogP) is 2.33. The molecule has 0 saturated carbocycles. The van der Waals surface area contributed by atoms with Crippen LogP contribution < -0.4 is 0 Å². The molecule has 0 spiro atoms. The average molecular weight is 267 g/mol. The molecule has 0 aliphatic carbocycles. The lowest BCUT2D eigenvalue weighted by Crippen LogP contribution is -2.00. The molecule has 100 valence electrons. The van der Waals surface area contributed by atoms with Crippen molar-refractivity contribution >= 4 is 11.6 Å². The van der Waals surface area contributed by atoms with E-state index in [0.717, 1.165) is 11.4 Å². The summed E-state index contributed by atoms with van der Waals surface area (Å²) in [6, 6.07) is 11.3. The van der Waals surface area contributed by atoms with E-state index in [-0.39, 0.29) is 5.56 Å². The number of carbonyl (C=O) groups is 1. The molecule has 5 nitrogen and oxygen atoms in total. The summed E-state index contributed by atoms with van der Waals surface area (Å²) in [5, 5.41) is 17.1. The van der Waals surface area contributed by atoms with E-state index in [1.807, 2.05) is 29.5 Å². The number of carboxylic acids is 1. The minimum atomic E-state index is -0.962. The lowest BCUT2D eigenvalue weighted by atomic mass is 10.1. The van der Waals surface area contributed by atoms with Gasteiger partial charge in [0.25, 0.3) is 0 Å². The van der Waals surface area contributed by atoms with Crippen LogP contribution in [0.1, 0.15) is 27.3 Å². The SMILES string of the molecule is Cc1cccc(Cc2nnc3cc(C(=O)O)ccn23)c1. The second-order valence-corrected chi connectivity index (χ2v) is 4.73. The third kappa shape index (κ3) is 2.25. The molecule has 0 atom stereocenters. The first kappa shape index (κ1) is 12.3. The lowest BCUT2D eigenvalue weighted by molar-refractivity contribution is 0.0697. The van der Waals surface area contributed by atoms with Gasteiger partial charge in [0.2, 0.25) is 0 Å². The van der Waals surface area contributed by atoms with Gasteiger partial charge in [-0.25, -0.2) is 4.79 Å². The standard InChI is InChI=1S/C15H13N3O2/c1-10-3-2-4-11(7-10)8-13-16-17-14-9-12(15(19)20)5-6-18(13)14/h2-7,9H,8H2,1H3,(H,19,20). The monoisotopic (exact) mass is 267 g/mol. The maximum atomic E-state index is 10.9. The molecule has 0 aliphatic heterocycles. The Bertz CT molecular complexity index is 793. The number of benzene rings is 1. The van der Waals surface area contributed by atoms with Gasteiger partial charge in [0.05, 0.1) is 5.56 Å². The highest BCUT2D eigenvalue weighted by molar-refractivity contribution is 5.88. The maximum absolute atomic E-state index is 10.9. The van der Waals surface area contributed by atoms with Crippen LogP contribution in [0.25, 0.3) is 5.65 Å². The summed E-state index contributed by atoms with van der Waals surface area (Å²) in [5.74, 6) is -0.168. The van der Waals surface area contributed by atoms with Crippen LogP contribution in [0.5, 0.6) is 0 Å². The van der Waals surface area contributed by atoms with Crippen molar-refractivity contribution in [3.63, 3.8) is 0 Å². The minimum Gasteiger partial charge on any atom is -0.478 e. The van der Waals surface area contributed by atoms with E-state index in [1.165, 1.54) is 11.6 Å². The van der Waals surface area contributed by atoms with Gasteiger partial charge >= 0.3 is 5.97 Å². The zero-order chi connectivity index (χ0) is 14.1. The number of carboxylic acid groups (broad SMARTS) is 1. The fourth-order valence-electron chi connectivity index (χ4n) is 2.20. The highest BCUT2D eigenvalue weighted by atomic mass is 16.4. The molecule has 0 aliphatic rings. The molecule has 2 aromatic heterocycles. The Morgan fingerprint density at radius 1 is 1.25 bits per heavy atom. The van der Waals surface area contributed by atoms with Crippen LogP contribution >= 0.6 is 0 Å². The van der Waals surface area contributed by atoms with Crippen molar-refractivity contribution in [2.24, 2.45) is 0 Å². The van der Waals surface area contributed by atoms with Crippen LogP contribution in [-0.2, 0) is 6.42 Å². The number of pyridine rings is 1. The van der Waals surface area contributed by atoms with Crippen LogP contribution in [0.2, 0.25) is 0 Å². The number of nitrogens with zero attached hydrogens (tertiary/aromatic N) is 3. The number of rotatable bonds is 3. The van der Waals surface area contributed by atoms with E-state index in [1.54, 1.807) is 12.3 Å². The molecule has 0 bridgehead atoms. The van der Waals surface area contributed by atoms with Gasteiger partial charge in [-0.05, 0) is 24.6 Å². The number of hydrogen-bond acceptors (Lipinski definition) is 3. The van der Waals surface area contributed by atoms with E-state index in [9.17, 15) is 4.79 Å². The normalized spacial score (nSPS) is 10.8. The average Bonchev–Trinajstić information content (AvgIpc) is 2.81. The summed E-state index contributed by atoms with van der Waals surface area (Å²) in [5.41, 5.74) is 3.12. The summed E-state index contributed by atoms with van der Waals surface area (Å²) >= 11 is 0. The molecule has 0 saturated heterocycles. The number of aromatic nitrogens is 3. The molecule has 3 aromatic rings. The van der Waals surface area contributed by atoms with Gasteiger partial charge in [-0.15, -0.1) is 10.2 Å². The van der Waals surface area contributed by atoms with Crippen molar-refractivity contribution in [3.05, 3.63) is 65.1 Å². The Hall–Kier alpha value is -2.69. The third-order valence-electron chi connectivity index (χ3n) is 3.17. The number of aryl methyl sites for hydroxylation is 1. The Labute approximate surface area is 115 Å². The highest BCUT2D eigenvalue weighted by Crippen LogP contribution is 2.12. The predicted molar refractivity (Wildman–Crippen MR) is 73.9 cm³/mol. The Balaban J connectivity index is 1.98. The molecular formula is C15H13N3O2. The third-order valence-corrected chi connectivity index (χ3v) is 3.17. The lowest BCUT2D eigenvalue weighted by Gasteiger charge is -2.02. The van der Waals surface area contributed by atoms with Crippen LogP contribution in [0.4, 0.5) is 0 Å². The fraction of sp³-hybridized carbons (Fsp3) is 0.133. The molecule has 2 heterocycles. The van der Waals surface area contributed by atoms with Gasteiger partial charge in [0, 0.05) is 12.6 Å². The summed E-state index contributed by atoms with van der Waals surface area (Å²) in [6.45, 7) is 2.05. The molecule has 5 heteroatoms. The summed E-state index contributed by atoms with van der Waals surface area (Å²) in [7, 11) is 0. The molecular weight excluding hydrogens is 254 g/mol. The highest BCUT2D eigenvalue weighted by Gasteiger charge is 2.09. The number of hydrogen-bond donors (Lipinski definition) is 1. The van der Waals surface area contributed by atoms with Gasteiger partial charge in [-0.1, -0.05) is 29.8 Å². The quantitative estimate of drug-likeness (QED) is 0.790. The summed E-state index contributed by atoms with van der Waals surface area (Å²) < 4.78 is 1.81. The second-order valence-electron chi connectivity index (χ2n) is 4.73. The zero-order valence-electron chi connectivity index (χ0n) is 10.9. The second kappa shape index (κ2) is 4.77. The van der Waals surface area contributed by atoms with Crippen LogP contribution in [-0.4, -0.2) is 25.7 Å². The molecule has 1 aromatic carbocycles. The number of fused-ring (bicyclic) bond motifs is 1. The summed E-state index contributed by atoms with van der Waals surface area (Å²) in [4.78, 5) is 10.9. The first-order valence-electron chi connectivity index (χ1n) is 6.26. The van der Waals surface area contributed by atoms with Crippen molar-refractivity contribution in [2.75, 3.05) is 0 Å². The van der Waals surface area contributed by atoms with Crippen molar-refractivity contribution in [1.29, 1.82) is 0 Å². The molecule has 0 fully saturated rings. The fourth-order valence-corrected chi connectivity index (χ4v) is 2.20. The molecule has 1 N–H and O–H groups in total. The van der Waals surface area contributed by atoms with Crippen molar-refractivity contribution in [3.8, 4) is 0 Å².